The predicted molar refractivity (Wildman–Crippen MR) is 111 cm³/mol. The van der Waals surface area contributed by atoms with Crippen molar-refractivity contribution in [1.82, 2.24) is 19.3 Å². The molecule has 142 valence electrons. The Labute approximate surface area is 168 Å². The molecule has 5 nitrogen and oxygen atoms in total. The molecule has 0 unspecified atom stereocenters. The maximum Gasteiger partial charge on any atom is 0.191 e. The third-order valence-electron chi connectivity index (χ3n) is 4.67. The highest BCUT2D eigenvalue weighted by Crippen LogP contribution is 2.26. The van der Waals surface area contributed by atoms with Crippen molar-refractivity contribution in [2.24, 2.45) is 7.05 Å². The van der Waals surface area contributed by atoms with Crippen LogP contribution in [0.5, 0.6) is 0 Å². The molecule has 27 heavy (non-hydrogen) atoms. The molecule has 0 aliphatic carbocycles. The van der Waals surface area contributed by atoms with Gasteiger partial charge in [-0.15, -0.1) is 10.2 Å². The lowest BCUT2D eigenvalue weighted by Gasteiger charge is -2.09. The number of nitrogens with zero attached hydrogens (tertiary/aromatic N) is 4. The van der Waals surface area contributed by atoms with Crippen LogP contribution >= 0.6 is 23.4 Å². The minimum Gasteiger partial charge on any atom is -0.351 e. The Morgan fingerprint density at radius 2 is 1.89 bits per heavy atom. The lowest BCUT2D eigenvalue weighted by atomic mass is 10.2. The monoisotopic (exact) mass is 402 g/mol. The first kappa shape index (κ1) is 19.7. The van der Waals surface area contributed by atoms with Crippen LogP contribution in [-0.2, 0) is 13.6 Å². The quantitative estimate of drug-likeness (QED) is 0.415. The second kappa shape index (κ2) is 8.31. The van der Waals surface area contributed by atoms with E-state index in [1.165, 1.54) is 11.8 Å². The van der Waals surface area contributed by atoms with Crippen LogP contribution < -0.4 is 0 Å². The Hall–Kier alpha value is -2.05. The van der Waals surface area contributed by atoms with Crippen molar-refractivity contribution in [3.63, 3.8) is 0 Å². The second-order valence-corrected chi connectivity index (χ2v) is 7.90. The summed E-state index contributed by atoms with van der Waals surface area (Å²) in [7, 11) is 1.98. The number of ketones is 1. The molecule has 0 radical (unpaired) electrons. The first-order valence-corrected chi connectivity index (χ1v) is 10.3. The highest BCUT2D eigenvalue weighted by atomic mass is 35.5. The van der Waals surface area contributed by atoms with Crippen molar-refractivity contribution in [3.8, 4) is 11.4 Å². The van der Waals surface area contributed by atoms with Gasteiger partial charge in [-0.1, -0.05) is 30.3 Å². The molecule has 0 atom stereocenters. The van der Waals surface area contributed by atoms with Gasteiger partial charge < -0.3 is 9.13 Å². The Morgan fingerprint density at radius 1 is 1.19 bits per heavy atom. The second-order valence-electron chi connectivity index (χ2n) is 6.52. The molecule has 0 saturated heterocycles. The van der Waals surface area contributed by atoms with E-state index in [1.807, 2.05) is 55.8 Å². The molecule has 0 spiro atoms. The van der Waals surface area contributed by atoms with E-state index in [0.29, 0.717) is 10.8 Å². The van der Waals surface area contributed by atoms with E-state index in [4.69, 9.17) is 11.6 Å². The number of carbonyl (C=O) groups excluding carboxylic acids is 1. The number of Topliss-reactive ketones (excluding diaryl/α,β-unsaturated/α-hetero) is 1. The zero-order chi connectivity index (χ0) is 19.6. The molecule has 0 bridgehead atoms. The van der Waals surface area contributed by atoms with Gasteiger partial charge in [-0.3, -0.25) is 4.79 Å². The molecular weight excluding hydrogens is 380 g/mol. The minimum atomic E-state index is 0.111. The molecule has 7 heteroatoms. The zero-order valence-electron chi connectivity index (χ0n) is 16.0. The number of aryl methyl sites for hydroxylation is 1. The average molecular weight is 403 g/mol. The van der Waals surface area contributed by atoms with E-state index in [9.17, 15) is 4.79 Å². The van der Waals surface area contributed by atoms with Crippen LogP contribution in [0, 0.1) is 13.8 Å². The molecule has 3 aromatic rings. The van der Waals surface area contributed by atoms with Crippen LogP contribution in [0.3, 0.4) is 0 Å². The highest BCUT2D eigenvalue weighted by Gasteiger charge is 2.18. The van der Waals surface area contributed by atoms with Crippen LogP contribution in [-0.4, -0.2) is 30.9 Å². The Morgan fingerprint density at radius 3 is 2.48 bits per heavy atom. The Balaban J connectivity index is 1.81. The number of carbonyl (C=O) groups is 1. The summed E-state index contributed by atoms with van der Waals surface area (Å²) in [5.74, 6) is 1.25. The summed E-state index contributed by atoms with van der Waals surface area (Å²) in [6.45, 7) is 6.89. The fraction of sp³-hybridized carbons (Fsp3) is 0.350. The average Bonchev–Trinajstić information content (AvgIpc) is 3.17. The number of hydrogen-bond acceptors (Lipinski definition) is 4. The molecule has 2 heterocycles. The van der Waals surface area contributed by atoms with Gasteiger partial charge in [0.25, 0.3) is 0 Å². The van der Waals surface area contributed by atoms with Crippen molar-refractivity contribution in [3.05, 3.63) is 52.3 Å². The maximum absolute atomic E-state index is 12.7. The lowest BCUT2D eigenvalue weighted by molar-refractivity contribution is 0.102. The van der Waals surface area contributed by atoms with Crippen LogP contribution in [0.25, 0.3) is 11.4 Å². The van der Waals surface area contributed by atoms with Crippen molar-refractivity contribution in [1.29, 1.82) is 0 Å². The molecule has 1 aromatic carbocycles. The predicted octanol–water partition coefficient (Wildman–Crippen LogP) is 4.94. The summed E-state index contributed by atoms with van der Waals surface area (Å²) >= 11 is 7.42. The molecule has 0 N–H and O–H groups in total. The van der Waals surface area contributed by atoms with Crippen molar-refractivity contribution < 1.29 is 4.79 Å². The number of benzene rings is 1. The van der Waals surface area contributed by atoms with Gasteiger partial charge in [-0.05, 0) is 50.6 Å². The maximum atomic E-state index is 12.7. The van der Waals surface area contributed by atoms with Gasteiger partial charge in [0.1, 0.15) is 0 Å². The van der Waals surface area contributed by atoms with Crippen LogP contribution in [0.4, 0.5) is 0 Å². The first-order chi connectivity index (χ1) is 12.9. The van der Waals surface area contributed by atoms with Crippen molar-refractivity contribution >= 4 is 29.1 Å². The fourth-order valence-electron chi connectivity index (χ4n) is 2.98. The number of aromatic nitrogens is 4. The third-order valence-corrected chi connectivity index (χ3v) is 5.89. The van der Waals surface area contributed by atoms with Crippen LogP contribution in [0.15, 0.2) is 35.5 Å². The van der Waals surface area contributed by atoms with E-state index >= 15 is 0 Å². The largest absolute Gasteiger partial charge is 0.351 e. The van der Waals surface area contributed by atoms with E-state index in [-0.39, 0.29) is 5.78 Å². The Bertz CT molecular complexity index is 959. The van der Waals surface area contributed by atoms with Crippen molar-refractivity contribution in [2.75, 3.05) is 5.75 Å². The molecule has 0 aliphatic rings. The smallest absolute Gasteiger partial charge is 0.191 e. The highest BCUT2D eigenvalue weighted by molar-refractivity contribution is 7.99. The standard InChI is InChI=1S/C20H23ClN4OS/c1-5-10-25-19(15-6-8-16(21)9-7-15)22-23-20(25)27-12-18(26)17-11-13(2)24(4)14(17)3/h6-9,11H,5,10,12H2,1-4H3. The SMILES string of the molecule is CCCn1c(SCC(=O)c2cc(C)n(C)c2C)nnc1-c1ccc(Cl)cc1. The molecule has 0 amide bonds. The number of halogens is 1. The van der Waals surface area contributed by atoms with E-state index < -0.39 is 0 Å². The van der Waals surface area contributed by atoms with Gasteiger partial charge in [-0.25, -0.2) is 0 Å². The lowest BCUT2D eigenvalue weighted by Crippen LogP contribution is -2.07. The summed E-state index contributed by atoms with van der Waals surface area (Å²) < 4.78 is 4.11. The molecule has 0 aliphatic heterocycles. The van der Waals surface area contributed by atoms with Crippen molar-refractivity contribution in [2.45, 2.75) is 38.9 Å². The summed E-state index contributed by atoms with van der Waals surface area (Å²) in [6, 6.07) is 9.52. The molecule has 0 fully saturated rings. The zero-order valence-corrected chi connectivity index (χ0v) is 17.6. The third kappa shape index (κ3) is 4.12. The number of rotatable bonds is 7. The topological polar surface area (TPSA) is 52.7 Å². The van der Waals surface area contributed by atoms with Crippen LogP contribution in [0.2, 0.25) is 5.02 Å². The Kier molecular flexibility index (Phi) is 6.07. The van der Waals surface area contributed by atoms with E-state index in [0.717, 1.165) is 46.5 Å². The van der Waals surface area contributed by atoms with E-state index in [1.54, 1.807) is 0 Å². The van der Waals surface area contributed by atoms with Crippen LogP contribution in [0.1, 0.15) is 35.1 Å². The summed E-state index contributed by atoms with van der Waals surface area (Å²) in [5, 5.41) is 10.1. The van der Waals surface area contributed by atoms with Gasteiger partial charge in [0.2, 0.25) is 0 Å². The fourth-order valence-corrected chi connectivity index (χ4v) is 3.95. The summed E-state index contributed by atoms with van der Waals surface area (Å²) in [5.41, 5.74) is 3.82. The van der Waals surface area contributed by atoms with Gasteiger partial charge in [-0.2, -0.15) is 0 Å². The molecule has 0 saturated carbocycles. The summed E-state index contributed by atoms with van der Waals surface area (Å²) in [4.78, 5) is 12.7. The normalized spacial score (nSPS) is 11.1. The first-order valence-electron chi connectivity index (χ1n) is 8.90. The summed E-state index contributed by atoms with van der Waals surface area (Å²) in [6.07, 6.45) is 0.955. The number of hydrogen-bond donors (Lipinski definition) is 0. The number of thioether (sulfide) groups is 1. The van der Waals surface area contributed by atoms with Gasteiger partial charge >= 0.3 is 0 Å². The molecule has 3 rings (SSSR count). The minimum absolute atomic E-state index is 0.111. The van der Waals surface area contributed by atoms with Gasteiger partial charge in [0.05, 0.1) is 5.75 Å². The molecule has 2 aromatic heterocycles. The van der Waals surface area contributed by atoms with E-state index in [2.05, 4.69) is 21.7 Å². The van der Waals surface area contributed by atoms with Gasteiger partial charge in [0, 0.05) is 41.1 Å². The molecular formula is C20H23ClN4OS. The van der Waals surface area contributed by atoms with Gasteiger partial charge in [0.15, 0.2) is 16.8 Å².